The molecule has 29 nitrogen and oxygen atoms in total. The molecule has 142 heavy (non-hydrogen) atoms. The third kappa shape index (κ3) is 47.9. The standard InChI is InChI=1S/C46H54O13Si.C27H32O7Si.C15H24O5Si.C9H16O4Si.6C2H6/c1-3-60(2,58-37(29-54-40-13-5-4-12-39(40)50-22-33-20-21-33)30-55-44-17-9-6-14-41(44)51-26-34-23-47-34)59-38(31-56-45-18-10-7-15-42(45)52-27-35-24-48-35)32-57-46-19-11-8-16-43(46)53-28-36-25-49-36;1-4-35(5-2,6-3)34-23(19-32-26-13-9-7-11-24(26)30-17-21-15-28-21)20-33-27-14-10-8-12-25(27)31-18-22-16-29-22;1-4-21(5-2,6-3)20-15(9-16-7-13-11-18-13)10-17-8-14-12-19-14;1-3-14(2,12-6-8-4-10-8)13-7-9-5-11-9;6*1-2/h3-19,33-38H,1,20-32H2,2H3;4-14,21-23H,1-3,15-20H2;4-6,13-15H,1-3,7-12H2;3,8-9H,1,4-7H2,2H3;6*1-2H3. The molecule has 0 aromatic heterocycles. The zero-order chi connectivity index (χ0) is 103. The first-order valence-corrected chi connectivity index (χ1v) is 59.5. The second-order valence-corrected chi connectivity index (χ2v) is 44.7. The quantitative estimate of drug-likeness (QED) is 0.0253. The van der Waals surface area contributed by atoms with Crippen molar-refractivity contribution < 1.29 is 136 Å². The Morgan fingerprint density at radius 1 is 0.232 bits per heavy atom. The van der Waals surface area contributed by atoms with Gasteiger partial charge in [0.05, 0.1) is 112 Å². The molecule has 10 aliphatic rings. The molecule has 11 unspecified atom stereocenters. The molecule has 0 radical (unpaired) electrons. The van der Waals surface area contributed by atoms with Crippen molar-refractivity contribution in [2.75, 3.05) is 178 Å². The van der Waals surface area contributed by atoms with Gasteiger partial charge in [-0.3, -0.25) is 0 Å². The summed E-state index contributed by atoms with van der Waals surface area (Å²) in [4.78, 5) is 0. The summed E-state index contributed by atoms with van der Waals surface area (Å²) in [6.45, 7) is 73.1. The minimum Gasteiger partial charge on any atom is -0.489 e. The average Bonchev–Trinajstić information content (AvgIpc) is 1.84. The first-order valence-electron chi connectivity index (χ1n) is 50.4. The Bertz CT molecular complexity index is 4090. The molecule has 6 aromatic carbocycles. The first kappa shape index (κ1) is 120. The van der Waals surface area contributed by atoms with E-state index < -0.39 is 52.1 Å². The smallest absolute Gasteiger partial charge is 0.362 e. The van der Waals surface area contributed by atoms with Gasteiger partial charge in [0.25, 0.3) is 16.6 Å². The van der Waals surface area contributed by atoms with Crippen LogP contribution >= 0.6 is 0 Å². The van der Waals surface area contributed by atoms with E-state index in [0.29, 0.717) is 174 Å². The molecule has 0 bridgehead atoms. The molecule has 788 valence electrons. The Labute approximate surface area is 849 Å². The Morgan fingerprint density at radius 2 is 0.408 bits per heavy atom. The van der Waals surface area contributed by atoms with Crippen LogP contribution < -0.4 is 56.8 Å². The van der Waals surface area contributed by atoms with Gasteiger partial charge in [-0.2, -0.15) is 0 Å². The summed E-state index contributed by atoms with van der Waals surface area (Å²) in [5.74, 6) is 7.99. The maximum absolute atomic E-state index is 6.91. The van der Waals surface area contributed by atoms with Crippen LogP contribution in [0.25, 0.3) is 0 Å². The summed E-state index contributed by atoms with van der Waals surface area (Å²) in [5.41, 5.74) is 14.3. The van der Waals surface area contributed by atoms with E-state index >= 15 is 0 Å². The van der Waals surface area contributed by atoms with E-state index in [1.54, 1.807) is 45.6 Å². The molecular formula is C109H162O29Si4. The molecule has 9 heterocycles. The highest BCUT2D eigenvalue weighted by atomic mass is 28.4. The van der Waals surface area contributed by atoms with Gasteiger partial charge in [0.15, 0.2) is 69.0 Å². The molecular weight excluding hydrogens is 1890 g/mol. The van der Waals surface area contributed by atoms with Gasteiger partial charge in [0, 0.05) is 0 Å². The van der Waals surface area contributed by atoms with E-state index in [9.17, 15) is 0 Å². The van der Waals surface area contributed by atoms with E-state index in [1.807, 2.05) is 242 Å². The molecule has 0 N–H and O–H groups in total. The van der Waals surface area contributed by atoms with Crippen molar-refractivity contribution in [2.24, 2.45) is 5.92 Å². The number of benzene rings is 6. The highest BCUT2D eigenvalue weighted by Gasteiger charge is 2.40. The van der Waals surface area contributed by atoms with Crippen LogP contribution in [0.15, 0.2) is 244 Å². The van der Waals surface area contributed by atoms with Gasteiger partial charge in [-0.25, -0.2) is 0 Å². The summed E-state index contributed by atoms with van der Waals surface area (Å²) in [6.07, 6.45) is 2.15. The lowest BCUT2D eigenvalue weighted by Gasteiger charge is -2.33. The van der Waals surface area contributed by atoms with Crippen molar-refractivity contribution in [1.82, 2.24) is 0 Å². The number of hydrogen-bond acceptors (Lipinski definition) is 29. The second-order valence-electron chi connectivity index (χ2n) is 32.5. The van der Waals surface area contributed by atoms with Crippen molar-refractivity contribution in [3.8, 4) is 69.0 Å². The summed E-state index contributed by atoms with van der Waals surface area (Å²) in [6, 6.07) is 45.4. The highest BCUT2D eigenvalue weighted by molar-refractivity contribution is 6.88. The van der Waals surface area contributed by atoms with Gasteiger partial charge < -0.3 is 136 Å². The number of para-hydroxylation sites is 12. The molecule has 11 atom stereocenters. The zero-order valence-electron chi connectivity index (χ0n) is 86.6. The number of hydrogen-bond donors (Lipinski definition) is 0. The largest absolute Gasteiger partial charge is 0.489 e. The van der Waals surface area contributed by atoms with Crippen molar-refractivity contribution in [1.29, 1.82) is 0 Å². The number of rotatable bonds is 66. The molecule has 9 aliphatic heterocycles. The van der Waals surface area contributed by atoms with E-state index in [1.165, 1.54) is 12.8 Å². The third-order valence-corrected chi connectivity index (χ3v) is 31.0. The first-order chi connectivity index (χ1) is 69.6. The Morgan fingerprint density at radius 3 is 0.599 bits per heavy atom. The van der Waals surface area contributed by atoms with Crippen molar-refractivity contribution in [3.05, 3.63) is 244 Å². The minimum absolute atomic E-state index is 0.0933. The lowest BCUT2D eigenvalue weighted by molar-refractivity contribution is -0.0139. The van der Waals surface area contributed by atoms with Crippen LogP contribution in [0.4, 0.5) is 0 Å². The molecule has 33 heteroatoms. The maximum atomic E-state index is 6.91. The topological polar surface area (TPSA) is 297 Å². The fourth-order valence-electron chi connectivity index (χ4n) is 12.1. The van der Waals surface area contributed by atoms with Gasteiger partial charge in [0.1, 0.15) is 146 Å². The maximum Gasteiger partial charge on any atom is 0.362 e. The number of ether oxygens (including phenoxy) is 23. The predicted octanol–water partition coefficient (Wildman–Crippen LogP) is 19.3. The monoisotopic (exact) mass is 2050 g/mol. The Kier molecular flexibility index (Phi) is 57.2. The minimum atomic E-state index is -3.27. The third-order valence-electron chi connectivity index (χ3n) is 21.1. The molecule has 9 saturated heterocycles. The van der Waals surface area contributed by atoms with Gasteiger partial charge >= 0.3 is 17.1 Å². The van der Waals surface area contributed by atoms with Gasteiger partial charge in [-0.15, -0.1) is 52.6 Å². The normalized spacial score (nSPS) is 20.8. The van der Waals surface area contributed by atoms with Crippen LogP contribution in [0.5, 0.6) is 69.0 Å². The fourth-order valence-corrected chi connectivity index (χ4v) is 18.3. The van der Waals surface area contributed by atoms with E-state index in [4.69, 9.17) is 136 Å². The van der Waals surface area contributed by atoms with Crippen LogP contribution in [0.2, 0.25) is 13.1 Å². The molecule has 10 fully saturated rings. The lowest BCUT2D eigenvalue weighted by atomic mass is 10.3. The second kappa shape index (κ2) is 67.7. The molecule has 16 rings (SSSR count). The molecule has 1 saturated carbocycles. The molecule has 0 amide bonds. The Balaban J connectivity index is 0.000000280. The van der Waals surface area contributed by atoms with Crippen LogP contribution in [-0.4, -0.2) is 291 Å². The predicted molar refractivity (Wildman–Crippen MR) is 562 cm³/mol. The number of epoxide rings is 9. The van der Waals surface area contributed by atoms with Crippen LogP contribution in [-0.2, 0) is 78.7 Å². The van der Waals surface area contributed by atoms with Gasteiger partial charge in [0.2, 0.25) is 0 Å². The summed E-state index contributed by atoms with van der Waals surface area (Å²) in [7, 11) is -10.4. The van der Waals surface area contributed by atoms with Crippen molar-refractivity contribution in [3.63, 3.8) is 0 Å². The summed E-state index contributed by atoms with van der Waals surface area (Å²) < 4.78 is 170. The SMILES string of the molecule is C=C[Si](C)(OC(COc1ccccc1OCC1CC1)COc1ccccc1OCC1CO1)OC(COc1ccccc1OCC1CO1)COc1ccccc1OCC1CO1.C=C[Si](C)(OCC1CO1)OCC1CO1.C=C[Si](C=C)(C=C)OC(COCC1CO1)COCC1CO1.C=C[Si](C=C)(C=C)OC(COc1ccccc1OCC1CO1)COc1ccccc1OCC1CO1.CC.CC.CC.CC.CC.CC. The van der Waals surface area contributed by atoms with Gasteiger partial charge in [-0.1, -0.05) is 190 Å². The van der Waals surface area contributed by atoms with Gasteiger partial charge in [-0.05, 0) is 116 Å². The summed E-state index contributed by atoms with van der Waals surface area (Å²) >= 11 is 0. The van der Waals surface area contributed by atoms with Crippen molar-refractivity contribution >= 4 is 33.8 Å². The Hall–Kier alpha value is -8.97. The van der Waals surface area contributed by atoms with E-state index in [0.717, 1.165) is 39.6 Å². The average molecular weight is 2050 g/mol. The van der Waals surface area contributed by atoms with Crippen LogP contribution in [0.1, 0.15) is 95.9 Å². The van der Waals surface area contributed by atoms with E-state index in [-0.39, 0.29) is 101 Å². The molecule has 1 aliphatic carbocycles. The van der Waals surface area contributed by atoms with Crippen molar-refractivity contribution in [2.45, 2.75) is 188 Å². The van der Waals surface area contributed by atoms with Crippen LogP contribution in [0.3, 0.4) is 0 Å². The lowest BCUT2D eigenvalue weighted by Crippen LogP contribution is -2.49. The highest BCUT2D eigenvalue weighted by Crippen LogP contribution is 2.38. The molecule has 6 aromatic rings. The van der Waals surface area contributed by atoms with E-state index in [2.05, 4.69) is 52.6 Å². The zero-order valence-corrected chi connectivity index (χ0v) is 90.6. The summed E-state index contributed by atoms with van der Waals surface area (Å²) in [5, 5.41) is 0. The fraction of sp³-hybridized carbons (Fsp3) is 0.523. The van der Waals surface area contributed by atoms with Crippen LogP contribution in [0, 0.1) is 5.92 Å². The molecule has 0 spiro atoms.